The first kappa shape index (κ1) is 15.1. The molecule has 112 valence electrons. The van der Waals surface area contributed by atoms with Crippen LogP contribution >= 0.6 is 0 Å². The fraction of sp³-hybridized carbons (Fsp3) is 0.571. The molecule has 0 bridgehead atoms. The summed E-state index contributed by atoms with van der Waals surface area (Å²) in [7, 11) is -1.53. The second kappa shape index (κ2) is 6.01. The number of anilines is 1. The van der Waals surface area contributed by atoms with Gasteiger partial charge in [-0.25, -0.2) is 8.42 Å². The predicted octanol–water partition coefficient (Wildman–Crippen LogP) is 2.01. The van der Waals surface area contributed by atoms with E-state index in [1.54, 1.807) is 13.2 Å². The summed E-state index contributed by atoms with van der Waals surface area (Å²) in [5.41, 5.74) is 6.24. The summed E-state index contributed by atoms with van der Waals surface area (Å²) in [4.78, 5) is 0.209. The van der Waals surface area contributed by atoms with E-state index in [1.807, 2.05) is 0 Å². The number of nitrogens with two attached hydrogens (primary N) is 1. The standard InChI is InChI=1S/C14H21NO4S/c1-18-10-4-3-5-11(8-10)19-14-7-6-12(9-13(14)15)20(2,16)17/h6-7,9-11H,3-5,8,15H2,1-2H3. The van der Waals surface area contributed by atoms with Crippen LogP contribution in [-0.2, 0) is 14.6 Å². The minimum atomic E-state index is -3.24. The molecule has 1 aromatic carbocycles. The minimum absolute atomic E-state index is 0.0695. The zero-order chi connectivity index (χ0) is 14.8. The van der Waals surface area contributed by atoms with Crippen molar-refractivity contribution in [2.75, 3.05) is 19.1 Å². The molecule has 0 aliphatic heterocycles. The molecule has 2 atom stereocenters. The van der Waals surface area contributed by atoms with Crippen LogP contribution in [-0.4, -0.2) is 34.0 Å². The first-order valence-corrected chi connectivity index (χ1v) is 8.58. The second-order valence-corrected chi connectivity index (χ2v) is 7.25. The Morgan fingerprint density at radius 3 is 2.55 bits per heavy atom. The zero-order valence-electron chi connectivity index (χ0n) is 11.8. The van der Waals surface area contributed by atoms with Gasteiger partial charge in [-0.1, -0.05) is 0 Å². The third-order valence-electron chi connectivity index (χ3n) is 3.61. The van der Waals surface area contributed by atoms with Gasteiger partial charge in [-0.05, 0) is 37.5 Å². The molecule has 1 aliphatic carbocycles. The maximum atomic E-state index is 11.5. The molecule has 2 unspecified atom stereocenters. The van der Waals surface area contributed by atoms with Crippen molar-refractivity contribution in [3.63, 3.8) is 0 Å². The summed E-state index contributed by atoms with van der Waals surface area (Å²) in [5, 5.41) is 0. The van der Waals surface area contributed by atoms with Gasteiger partial charge in [0.2, 0.25) is 0 Å². The van der Waals surface area contributed by atoms with E-state index in [4.69, 9.17) is 15.2 Å². The molecule has 0 heterocycles. The van der Waals surface area contributed by atoms with Gasteiger partial charge in [-0.2, -0.15) is 0 Å². The van der Waals surface area contributed by atoms with Crippen molar-refractivity contribution in [1.82, 2.24) is 0 Å². The lowest BCUT2D eigenvalue weighted by Gasteiger charge is -2.29. The molecule has 0 amide bonds. The summed E-state index contributed by atoms with van der Waals surface area (Å²) in [5.74, 6) is 0.541. The molecule has 0 saturated heterocycles. The molecule has 2 N–H and O–H groups in total. The number of nitrogen functional groups attached to an aromatic ring is 1. The third-order valence-corrected chi connectivity index (χ3v) is 4.72. The van der Waals surface area contributed by atoms with Crippen LogP contribution in [0.25, 0.3) is 0 Å². The SMILES string of the molecule is COC1CCCC(Oc2ccc(S(C)(=O)=O)cc2N)C1. The van der Waals surface area contributed by atoms with Crippen molar-refractivity contribution in [3.05, 3.63) is 18.2 Å². The van der Waals surface area contributed by atoms with Gasteiger partial charge in [0.25, 0.3) is 0 Å². The number of rotatable bonds is 4. The van der Waals surface area contributed by atoms with Crippen molar-refractivity contribution in [2.24, 2.45) is 0 Å². The molecular formula is C14H21NO4S. The Kier molecular flexibility index (Phi) is 4.55. The number of sulfone groups is 1. The smallest absolute Gasteiger partial charge is 0.175 e. The fourth-order valence-electron chi connectivity index (χ4n) is 2.47. The maximum Gasteiger partial charge on any atom is 0.175 e. The maximum absolute atomic E-state index is 11.5. The van der Waals surface area contributed by atoms with E-state index in [0.717, 1.165) is 31.9 Å². The Morgan fingerprint density at radius 1 is 1.25 bits per heavy atom. The summed E-state index contributed by atoms with van der Waals surface area (Å²) in [6, 6.07) is 4.60. The Bertz CT molecular complexity index is 571. The Hall–Kier alpha value is -1.27. The van der Waals surface area contributed by atoms with Crippen LogP contribution in [0.15, 0.2) is 23.1 Å². The number of hydrogen-bond donors (Lipinski definition) is 1. The van der Waals surface area contributed by atoms with E-state index in [9.17, 15) is 8.42 Å². The first-order valence-electron chi connectivity index (χ1n) is 6.69. The Labute approximate surface area is 120 Å². The molecule has 5 nitrogen and oxygen atoms in total. The van der Waals surface area contributed by atoms with Gasteiger partial charge in [-0.15, -0.1) is 0 Å². The number of methoxy groups -OCH3 is 1. The summed E-state index contributed by atoms with van der Waals surface area (Å²) < 4.78 is 34.2. The summed E-state index contributed by atoms with van der Waals surface area (Å²) in [6.45, 7) is 0. The van der Waals surface area contributed by atoms with Gasteiger partial charge in [0, 0.05) is 19.8 Å². The number of ether oxygens (including phenoxy) is 2. The molecule has 2 rings (SSSR count). The van der Waals surface area contributed by atoms with Crippen LogP contribution in [0.3, 0.4) is 0 Å². The largest absolute Gasteiger partial charge is 0.488 e. The van der Waals surface area contributed by atoms with Gasteiger partial charge in [0.05, 0.1) is 16.7 Å². The highest BCUT2D eigenvalue weighted by atomic mass is 32.2. The van der Waals surface area contributed by atoms with Gasteiger partial charge in [-0.3, -0.25) is 0 Å². The highest BCUT2D eigenvalue weighted by Crippen LogP contribution is 2.30. The van der Waals surface area contributed by atoms with E-state index >= 15 is 0 Å². The van der Waals surface area contributed by atoms with Gasteiger partial charge < -0.3 is 15.2 Å². The van der Waals surface area contributed by atoms with Crippen LogP contribution in [0.2, 0.25) is 0 Å². The highest BCUT2D eigenvalue weighted by Gasteiger charge is 2.23. The molecule has 1 fully saturated rings. The molecule has 1 aliphatic rings. The average Bonchev–Trinajstić information content (AvgIpc) is 2.40. The first-order chi connectivity index (χ1) is 9.40. The minimum Gasteiger partial charge on any atom is -0.488 e. The quantitative estimate of drug-likeness (QED) is 0.860. The molecule has 0 radical (unpaired) electrons. The topological polar surface area (TPSA) is 78.6 Å². The van der Waals surface area contributed by atoms with E-state index in [1.165, 1.54) is 12.1 Å². The molecule has 0 aromatic heterocycles. The van der Waals surface area contributed by atoms with Crippen molar-refractivity contribution >= 4 is 15.5 Å². The van der Waals surface area contributed by atoms with Crippen LogP contribution in [0.5, 0.6) is 5.75 Å². The fourth-order valence-corrected chi connectivity index (χ4v) is 3.12. The van der Waals surface area contributed by atoms with E-state index in [-0.39, 0.29) is 17.1 Å². The van der Waals surface area contributed by atoms with Crippen LogP contribution in [0.1, 0.15) is 25.7 Å². The Balaban J connectivity index is 2.10. The lowest BCUT2D eigenvalue weighted by molar-refractivity contribution is 0.0212. The van der Waals surface area contributed by atoms with Gasteiger partial charge in [0.1, 0.15) is 11.9 Å². The molecule has 1 saturated carbocycles. The van der Waals surface area contributed by atoms with Crippen molar-refractivity contribution in [3.8, 4) is 5.75 Å². The van der Waals surface area contributed by atoms with E-state index in [0.29, 0.717) is 11.4 Å². The number of hydrogen-bond acceptors (Lipinski definition) is 5. The molecule has 0 spiro atoms. The predicted molar refractivity (Wildman–Crippen MR) is 77.6 cm³/mol. The van der Waals surface area contributed by atoms with Gasteiger partial charge in [0.15, 0.2) is 9.84 Å². The lowest BCUT2D eigenvalue weighted by Crippen LogP contribution is -2.29. The lowest BCUT2D eigenvalue weighted by atomic mass is 9.95. The molecule has 6 heteroatoms. The van der Waals surface area contributed by atoms with Crippen LogP contribution in [0, 0.1) is 0 Å². The van der Waals surface area contributed by atoms with Crippen LogP contribution < -0.4 is 10.5 Å². The second-order valence-electron chi connectivity index (χ2n) is 5.24. The Morgan fingerprint density at radius 2 is 1.95 bits per heavy atom. The zero-order valence-corrected chi connectivity index (χ0v) is 12.7. The normalized spacial score (nSPS) is 23.5. The third kappa shape index (κ3) is 3.64. The summed E-state index contributed by atoms with van der Waals surface area (Å²) >= 11 is 0. The summed E-state index contributed by atoms with van der Waals surface area (Å²) in [6.07, 6.45) is 5.37. The van der Waals surface area contributed by atoms with Crippen molar-refractivity contribution < 1.29 is 17.9 Å². The van der Waals surface area contributed by atoms with Crippen LogP contribution in [0.4, 0.5) is 5.69 Å². The monoisotopic (exact) mass is 299 g/mol. The van der Waals surface area contributed by atoms with Crippen molar-refractivity contribution in [2.45, 2.75) is 42.8 Å². The molecule has 20 heavy (non-hydrogen) atoms. The van der Waals surface area contributed by atoms with Gasteiger partial charge >= 0.3 is 0 Å². The average molecular weight is 299 g/mol. The molecular weight excluding hydrogens is 278 g/mol. The van der Waals surface area contributed by atoms with E-state index < -0.39 is 9.84 Å². The highest BCUT2D eigenvalue weighted by molar-refractivity contribution is 7.90. The van der Waals surface area contributed by atoms with E-state index in [2.05, 4.69) is 0 Å². The number of benzene rings is 1. The molecule has 1 aromatic rings. The van der Waals surface area contributed by atoms with Crippen molar-refractivity contribution in [1.29, 1.82) is 0 Å².